The van der Waals surface area contributed by atoms with E-state index in [0.717, 1.165) is 0 Å². The van der Waals surface area contributed by atoms with Crippen molar-refractivity contribution in [3.63, 3.8) is 0 Å². The first-order valence-corrected chi connectivity index (χ1v) is 5.80. The Morgan fingerprint density at radius 1 is 1.53 bits per heavy atom. The number of carbonyl (C=O) groups excluding carboxylic acids is 1. The maximum atomic E-state index is 13.4. The number of esters is 1. The Morgan fingerprint density at radius 2 is 2.32 bits per heavy atom. The Kier molecular flexibility index (Phi) is 4.01. The summed E-state index contributed by atoms with van der Waals surface area (Å²) < 4.78 is 19.7. The molecule has 5 nitrogen and oxygen atoms in total. The largest absolute Gasteiger partial charge is 0.459 e. The molecule has 0 fully saturated rings. The van der Waals surface area contributed by atoms with Gasteiger partial charge in [-0.25, -0.2) is 4.39 Å². The van der Waals surface area contributed by atoms with Gasteiger partial charge in [0.15, 0.2) is 0 Å². The third-order valence-corrected chi connectivity index (χ3v) is 2.74. The number of rotatable bonds is 4. The lowest BCUT2D eigenvalue weighted by Crippen LogP contribution is -2.14. The lowest BCUT2D eigenvalue weighted by atomic mass is 10.2. The Morgan fingerprint density at radius 3 is 2.95 bits per heavy atom. The summed E-state index contributed by atoms with van der Waals surface area (Å²) in [7, 11) is 0. The van der Waals surface area contributed by atoms with Gasteiger partial charge in [0.25, 0.3) is 0 Å². The van der Waals surface area contributed by atoms with Crippen molar-refractivity contribution < 1.29 is 13.9 Å². The van der Waals surface area contributed by atoms with Crippen LogP contribution in [0.2, 0.25) is 5.02 Å². The standard InChI is InChI=1S/C12H11ClFN3O2/c13-10-2-1-3-11(14)9(10)7-19-12(18)6-17-5-8(15)4-16-17/h1-5H,6-7,15H2. The van der Waals surface area contributed by atoms with Crippen molar-refractivity contribution in [2.24, 2.45) is 0 Å². The van der Waals surface area contributed by atoms with Gasteiger partial charge in [0, 0.05) is 11.8 Å². The van der Waals surface area contributed by atoms with Crippen LogP contribution in [-0.2, 0) is 22.7 Å². The maximum absolute atomic E-state index is 13.4. The second-order valence-electron chi connectivity index (χ2n) is 3.83. The Bertz CT molecular complexity index is 580. The van der Waals surface area contributed by atoms with Crippen molar-refractivity contribution in [2.75, 3.05) is 5.73 Å². The molecule has 19 heavy (non-hydrogen) atoms. The fourth-order valence-corrected chi connectivity index (χ4v) is 1.68. The average molecular weight is 284 g/mol. The number of hydrogen-bond acceptors (Lipinski definition) is 4. The predicted molar refractivity (Wildman–Crippen MR) is 67.8 cm³/mol. The number of benzene rings is 1. The van der Waals surface area contributed by atoms with E-state index in [4.69, 9.17) is 22.1 Å². The molecule has 1 aromatic carbocycles. The molecule has 0 spiro atoms. The topological polar surface area (TPSA) is 70.1 Å². The molecule has 0 bridgehead atoms. The number of halogens is 2. The number of carbonyl (C=O) groups is 1. The van der Waals surface area contributed by atoms with E-state index >= 15 is 0 Å². The van der Waals surface area contributed by atoms with Crippen molar-refractivity contribution in [3.8, 4) is 0 Å². The molecule has 0 aliphatic heterocycles. The number of nitrogens with two attached hydrogens (primary N) is 1. The molecule has 2 aromatic rings. The summed E-state index contributed by atoms with van der Waals surface area (Å²) in [5.74, 6) is -1.06. The molecule has 1 heterocycles. The molecule has 1 aromatic heterocycles. The molecular formula is C12H11ClFN3O2. The predicted octanol–water partition coefficient (Wildman–Crippen LogP) is 2.00. The molecular weight excluding hydrogens is 273 g/mol. The van der Waals surface area contributed by atoms with Gasteiger partial charge in [-0.15, -0.1) is 0 Å². The third kappa shape index (κ3) is 3.45. The molecule has 0 saturated heterocycles. The van der Waals surface area contributed by atoms with Gasteiger partial charge < -0.3 is 10.5 Å². The molecule has 100 valence electrons. The third-order valence-electron chi connectivity index (χ3n) is 2.38. The molecule has 7 heteroatoms. The summed E-state index contributed by atoms with van der Waals surface area (Å²) in [4.78, 5) is 11.5. The monoisotopic (exact) mass is 283 g/mol. The zero-order valence-corrected chi connectivity index (χ0v) is 10.6. The van der Waals surface area contributed by atoms with Gasteiger partial charge >= 0.3 is 5.97 Å². The van der Waals surface area contributed by atoms with Gasteiger partial charge in [-0.2, -0.15) is 5.10 Å². The van der Waals surface area contributed by atoms with Crippen LogP contribution in [0.3, 0.4) is 0 Å². The summed E-state index contributed by atoms with van der Waals surface area (Å²) in [6, 6.07) is 4.26. The van der Waals surface area contributed by atoms with Crippen LogP contribution in [0.15, 0.2) is 30.6 Å². The van der Waals surface area contributed by atoms with Crippen LogP contribution in [0.4, 0.5) is 10.1 Å². The molecule has 0 aliphatic rings. The van der Waals surface area contributed by atoms with E-state index in [1.165, 1.54) is 35.3 Å². The highest BCUT2D eigenvalue weighted by molar-refractivity contribution is 6.31. The van der Waals surface area contributed by atoms with E-state index < -0.39 is 11.8 Å². The first kappa shape index (κ1) is 13.4. The summed E-state index contributed by atoms with van der Waals surface area (Å²) in [6.45, 7) is -0.315. The van der Waals surface area contributed by atoms with E-state index in [-0.39, 0.29) is 23.7 Å². The minimum absolute atomic E-state index is 0.0940. The lowest BCUT2D eigenvalue weighted by molar-refractivity contribution is -0.145. The summed E-state index contributed by atoms with van der Waals surface area (Å²) in [5.41, 5.74) is 6.06. The number of anilines is 1. The Labute approximate surface area is 113 Å². The molecule has 0 unspecified atom stereocenters. The van der Waals surface area contributed by atoms with Crippen LogP contribution in [0, 0.1) is 5.82 Å². The second kappa shape index (κ2) is 5.71. The van der Waals surface area contributed by atoms with Gasteiger partial charge in [-0.1, -0.05) is 17.7 Å². The SMILES string of the molecule is Nc1cnn(CC(=O)OCc2c(F)cccc2Cl)c1. The lowest BCUT2D eigenvalue weighted by Gasteiger charge is -2.07. The normalized spacial score (nSPS) is 10.4. The number of aromatic nitrogens is 2. The van der Waals surface area contributed by atoms with Crippen molar-refractivity contribution >= 4 is 23.3 Å². The van der Waals surface area contributed by atoms with Gasteiger partial charge in [-0.05, 0) is 12.1 Å². The molecule has 0 amide bonds. The Hall–Kier alpha value is -2.08. The highest BCUT2D eigenvalue weighted by Crippen LogP contribution is 2.19. The van der Waals surface area contributed by atoms with E-state index in [9.17, 15) is 9.18 Å². The van der Waals surface area contributed by atoms with Crippen molar-refractivity contribution in [2.45, 2.75) is 13.2 Å². The van der Waals surface area contributed by atoms with E-state index in [0.29, 0.717) is 5.69 Å². The minimum atomic E-state index is -0.553. The van der Waals surface area contributed by atoms with Crippen LogP contribution < -0.4 is 5.73 Å². The molecule has 0 saturated carbocycles. The molecule has 2 rings (SSSR count). The molecule has 0 atom stereocenters. The average Bonchev–Trinajstić information content (AvgIpc) is 2.74. The van der Waals surface area contributed by atoms with Crippen molar-refractivity contribution in [3.05, 3.63) is 47.0 Å². The molecule has 0 radical (unpaired) electrons. The van der Waals surface area contributed by atoms with E-state index in [1.54, 1.807) is 0 Å². The molecule has 0 aliphatic carbocycles. The highest BCUT2D eigenvalue weighted by atomic mass is 35.5. The van der Waals surface area contributed by atoms with Gasteiger partial charge in [-0.3, -0.25) is 9.48 Å². The first-order valence-electron chi connectivity index (χ1n) is 5.42. The second-order valence-corrected chi connectivity index (χ2v) is 4.24. The zero-order valence-electron chi connectivity index (χ0n) is 9.85. The van der Waals surface area contributed by atoms with Crippen molar-refractivity contribution in [1.82, 2.24) is 9.78 Å². The van der Waals surface area contributed by atoms with Crippen LogP contribution in [0.25, 0.3) is 0 Å². The number of hydrogen-bond donors (Lipinski definition) is 1. The van der Waals surface area contributed by atoms with Crippen molar-refractivity contribution in [1.29, 1.82) is 0 Å². The molecule has 2 N–H and O–H groups in total. The summed E-state index contributed by atoms with van der Waals surface area (Å²) >= 11 is 5.81. The van der Waals surface area contributed by atoms with Crippen LogP contribution in [-0.4, -0.2) is 15.7 Å². The zero-order chi connectivity index (χ0) is 13.8. The number of nitrogens with zero attached hydrogens (tertiary/aromatic N) is 2. The summed E-state index contributed by atoms with van der Waals surface area (Å²) in [6.07, 6.45) is 2.92. The first-order chi connectivity index (χ1) is 9.06. The number of ether oxygens (including phenoxy) is 1. The minimum Gasteiger partial charge on any atom is -0.459 e. The smallest absolute Gasteiger partial charge is 0.328 e. The van der Waals surface area contributed by atoms with Gasteiger partial charge in [0.05, 0.1) is 16.9 Å². The van der Waals surface area contributed by atoms with Gasteiger partial charge in [0.2, 0.25) is 0 Å². The van der Waals surface area contributed by atoms with Crippen LogP contribution in [0.1, 0.15) is 5.56 Å². The Balaban J connectivity index is 1.93. The summed E-state index contributed by atoms with van der Waals surface area (Å²) in [5, 5.41) is 4.06. The van der Waals surface area contributed by atoms with Crippen LogP contribution in [0.5, 0.6) is 0 Å². The maximum Gasteiger partial charge on any atom is 0.328 e. The van der Waals surface area contributed by atoms with E-state index in [2.05, 4.69) is 5.10 Å². The number of nitrogen functional groups attached to an aromatic ring is 1. The van der Waals surface area contributed by atoms with E-state index in [1.807, 2.05) is 0 Å². The van der Waals surface area contributed by atoms with Gasteiger partial charge in [0.1, 0.15) is 19.0 Å². The fraction of sp³-hybridized carbons (Fsp3) is 0.167. The highest BCUT2D eigenvalue weighted by Gasteiger charge is 2.11. The van der Waals surface area contributed by atoms with Crippen LogP contribution >= 0.6 is 11.6 Å². The quantitative estimate of drug-likeness (QED) is 0.871. The fourth-order valence-electron chi connectivity index (χ4n) is 1.47.